The third kappa shape index (κ3) is 4.25. The van der Waals surface area contributed by atoms with Crippen molar-refractivity contribution < 1.29 is 5.21 Å². The first-order valence-corrected chi connectivity index (χ1v) is 7.93. The highest BCUT2D eigenvalue weighted by Gasteiger charge is 2.24. The van der Waals surface area contributed by atoms with E-state index >= 15 is 0 Å². The molecule has 104 valence electrons. The van der Waals surface area contributed by atoms with Gasteiger partial charge in [-0.25, -0.2) is 0 Å². The van der Waals surface area contributed by atoms with Gasteiger partial charge in [0.1, 0.15) is 0 Å². The highest BCUT2D eigenvalue weighted by atomic mass is 32.2. The van der Waals surface area contributed by atoms with Gasteiger partial charge in [-0.3, -0.25) is 0 Å². The Kier molecular flexibility index (Phi) is 5.73. The minimum absolute atomic E-state index is 0.431. The average molecular weight is 278 g/mol. The number of benzene rings is 1. The molecule has 0 aliphatic carbocycles. The van der Waals surface area contributed by atoms with E-state index in [0.717, 1.165) is 43.9 Å². The molecule has 0 spiro atoms. The highest BCUT2D eigenvalue weighted by molar-refractivity contribution is 7.99. The average Bonchev–Trinajstić information content (AvgIpc) is 2.48. The van der Waals surface area contributed by atoms with Crippen LogP contribution in [-0.2, 0) is 0 Å². The molecule has 4 heteroatoms. The summed E-state index contributed by atoms with van der Waals surface area (Å²) in [6.45, 7) is 5.32. The zero-order valence-electron chi connectivity index (χ0n) is 11.5. The van der Waals surface area contributed by atoms with E-state index in [1.54, 1.807) is 0 Å². The van der Waals surface area contributed by atoms with Crippen molar-refractivity contribution in [2.45, 2.75) is 24.7 Å². The van der Waals surface area contributed by atoms with Gasteiger partial charge in [0.05, 0.1) is 5.71 Å². The minimum atomic E-state index is 0.431. The Bertz CT molecular complexity index is 408. The molecule has 1 heterocycles. The van der Waals surface area contributed by atoms with E-state index in [0.29, 0.717) is 5.92 Å². The molecule has 0 aromatic heterocycles. The molecule has 0 radical (unpaired) electrons. The van der Waals surface area contributed by atoms with Crippen LogP contribution < -0.4 is 0 Å². The van der Waals surface area contributed by atoms with Gasteiger partial charge in [0.2, 0.25) is 0 Å². The van der Waals surface area contributed by atoms with Gasteiger partial charge in [0.15, 0.2) is 0 Å². The standard InChI is InChI=1S/C15H22N2OS/c1-2-13-12-17(9-8-15(13)16-18)10-11-19-14-6-4-3-5-7-14/h3-7,13,18H,2,8-12H2,1H3/b16-15+. The Labute approximate surface area is 119 Å². The molecule has 1 aliphatic heterocycles. The second kappa shape index (κ2) is 7.56. The van der Waals surface area contributed by atoms with Gasteiger partial charge >= 0.3 is 0 Å². The lowest BCUT2D eigenvalue weighted by Crippen LogP contribution is -2.41. The van der Waals surface area contributed by atoms with Crippen LogP contribution in [0, 0.1) is 5.92 Å². The SMILES string of the molecule is CCC1CN(CCSc2ccccc2)CC/C1=N\O. The largest absolute Gasteiger partial charge is 0.411 e. The summed E-state index contributed by atoms with van der Waals surface area (Å²) in [5.74, 6) is 1.55. The van der Waals surface area contributed by atoms with Crippen LogP contribution in [0.2, 0.25) is 0 Å². The molecule has 0 saturated carbocycles. The highest BCUT2D eigenvalue weighted by Crippen LogP contribution is 2.20. The van der Waals surface area contributed by atoms with Crippen LogP contribution in [0.3, 0.4) is 0 Å². The van der Waals surface area contributed by atoms with E-state index in [1.807, 2.05) is 11.8 Å². The van der Waals surface area contributed by atoms with Crippen molar-refractivity contribution >= 4 is 17.5 Å². The van der Waals surface area contributed by atoms with Crippen molar-refractivity contribution in [2.24, 2.45) is 11.1 Å². The number of piperidine rings is 1. The normalized spacial score (nSPS) is 22.8. The molecular formula is C15H22N2OS. The fourth-order valence-corrected chi connectivity index (χ4v) is 3.43. The quantitative estimate of drug-likeness (QED) is 0.510. The van der Waals surface area contributed by atoms with Crippen molar-refractivity contribution in [2.75, 3.05) is 25.4 Å². The number of rotatable bonds is 5. The van der Waals surface area contributed by atoms with E-state index in [4.69, 9.17) is 5.21 Å². The number of thioether (sulfide) groups is 1. The molecule has 1 N–H and O–H groups in total. The summed E-state index contributed by atoms with van der Waals surface area (Å²) in [6.07, 6.45) is 1.97. The smallest absolute Gasteiger partial charge is 0.0627 e. The molecule has 1 aliphatic rings. The first kappa shape index (κ1) is 14.4. The maximum Gasteiger partial charge on any atom is 0.0627 e. The van der Waals surface area contributed by atoms with Crippen LogP contribution in [0.1, 0.15) is 19.8 Å². The second-order valence-electron chi connectivity index (χ2n) is 4.91. The maximum atomic E-state index is 8.97. The predicted octanol–water partition coefficient (Wildman–Crippen LogP) is 3.34. The van der Waals surface area contributed by atoms with Crippen LogP contribution in [0.5, 0.6) is 0 Å². The van der Waals surface area contributed by atoms with E-state index < -0.39 is 0 Å². The first-order chi connectivity index (χ1) is 9.33. The van der Waals surface area contributed by atoms with Gasteiger partial charge in [-0.05, 0) is 18.6 Å². The van der Waals surface area contributed by atoms with Crippen LogP contribution in [-0.4, -0.2) is 41.2 Å². The third-order valence-corrected chi connectivity index (χ3v) is 4.67. The molecule has 1 aromatic carbocycles. The fraction of sp³-hybridized carbons (Fsp3) is 0.533. The van der Waals surface area contributed by atoms with Crippen molar-refractivity contribution in [3.8, 4) is 0 Å². The number of hydrogen-bond acceptors (Lipinski definition) is 4. The molecule has 1 aromatic rings. The molecule has 1 atom stereocenters. The van der Waals surface area contributed by atoms with Gasteiger partial charge in [0, 0.05) is 42.6 Å². The number of hydrogen-bond donors (Lipinski definition) is 1. The molecular weight excluding hydrogens is 256 g/mol. The molecule has 3 nitrogen and oxygen atoms in total. The zero-order valence-corrected chi connectivity index (χ0v) is 12.3. The Balaban J connectivity index is 1.75. The van der Waals surface area contributed by atoms with Crippen LogP contribution >= 0.6 is 11.8 Å². The van der Waals surface area contributed by atoms with Gasteiger partial charge in [-0.15, -0.1) is 11.8 Å². The van der Waals surface area contributed by atoms with Crippen molar-refractivity contribution in [3.63, 3.8) is 0 Å². The van der Waals surface area contributed by atoms with Crippen LogP contribution in [0.25, 0.3) is 0 Å². The van der Waals surface area contributed by atoms with Crippen LogP contribution in [0.15, 0.2) is 40.4 Å². The summed E-state index contributed by atoms with van der Waals surface area (Å²) in [5.41, 5.74) is 0.981. The van der Waals surface area contributed by atoms with Crippen molar-refractivity contribution in [1.82, 2.24) is 4.90 Å². The minimum Gasteiger partial charge on any atom is -0.411 e. The Hall–Kier alpha value is -1.00. The van der Waals surface area contributed by atoms with E-state index in [-0.39, 0.29) is 0 Å². The molecule has 1 fully saturated rings. The maximum absolute atomic E-state index is 8.97. The topological polar surface area (TPSA) is 35.8 Å². The molecule has 1 saturated heterocycles. The lowest BCUT2D eigenvalue weighted by atomic mass is 9.93. The Morgan fingerprint density at radius 2 is 2.16 bits per heavy atom. The molecule has 19 heavy (non-hydrogen) atoms. The van der Waals surface area contributed by atoms with E-state index in [1.165, 1.54) is 4.90 Å². The number of nitrogens with zero attached hydrogens (tertiary/aromatic N) is 2. The molecule has 2 rings (SSSR count). The summed E-state index contributed by atoms with van der Waals surface area (Å²) in [6, 6.07) is 10.5. The zero-order chi connectivity index (χ0) is 13.5. The van der Waals surface area contributed by atoms with Crippen molar-refractivity contribution in [3.05, 3.63) is 30.3 Å². The monoisotopic (exact) mass is 278 g/mol. The summed E-state index contributed by atoms with van der Waals surface area (Å²) < 4.78 is 0. The van der Waals surface area contributed by atoms with Gasteiger partial charge in [-0.1, -0.05) is 30.3 Å². The predicted molar refractivity (Wildman–Crippen MR) is 81.2 cm³/mol. The van der Waals surface area contributed by atoms with Gasteiger partial charge in [0.25, 0.3) is 0 Å². The summed E-state index contributed by atoms with van der Waals surface area (Å²) in [5, 5.41) is 12.4. The Morgan fingerprint density at radius 1 is 1.37 bits per heavy atom. The van der Waals surface area contributed by atoms with E-state index in [2.05, 4.69) is 47.3 Å². The second-order valence-corrected chi connectivity index (χ2v) is 6.08. The molecule has 0 amide bonds. The Morgan fingerprint density at radius 3 is 2.84 bits per heavy atom. The summed E-state index contributed by atoms with van der Waals surface area (Å²) >= 11 is 1.91. The lowest BCUT2D eigenvalue weighted by Gasteiger charge is -2.32. The van der Waals surface area contributed by atoms with Crippen LogP contribution in [0.4, 0.5) is 0 Å². The van der Waals surface area contributed by atoms with Gasteiger partial charge < -0.3 is 10.1 Å². The number of oxime groups is 1. The van der Waals surface area contributed by atoms with Gasteiger partial charge in [-0.2, -0.15) is 0 Å². The molecule has 1 unspecified atom stereocenters. The first-order valence-electron chi connectivity index (χ1n) is 6.94. The lowest BCUT2D eigenvalue weighted by molar-refractivity contribution is 0.239. The summed E-state index contributed by atoms with van der Waals surface area (Å²) in [4.78, 5) is 3.82. The molecule has 0 bridgehead atoms. The summed E-state index contributed by atoms with van der Waals surface area (Å²) in [7, 11) is 0. The fourth-order valence-electron chi connectivity index (χ4n) is 2.49. The van der Waals surface area contributed by atoms with Crippen molar-refractivity contribution in [1.29, 1.82) is 0 Å². The van der Waals surface area contributed by atoms with E-state index in [9.17, 15) is 0 Å². The third-order valence-electron chi connectivity index (χ3n) is 3.67. The number of likely N-dealkylation sites (tertiary alicyclic amines) is 1.